The summed E-state index contributed by atoms with van der Waals surface area (Å²) in [6.07, 6.45) is 4.75. The number of anilines is 2. The number of unbranched alkanes of at least 4 members (excludes halogenated alkanes) is 1. The Hall–Kier alpha value is -2.63. The number of sulfonamides is 1. The molecule has 11 heteroatoms. The number of thioether (sulfide) groups is 1. The van der Waals surface area contributed by atoms with Crippen LogP contribution in [0.1, 0.15) is 33.1 Å². The van der Waals surface area contributed by atoms with Crippen LogP contribution in [0.2, 0.25) is 0 Å². The molecule has 0 bridgehead atoms. The van der Waals surface area contributed by atoms with E-state index in [0.29, 0.717) is 35.5 Å². The van der Waals surface area contributed by atoms with Crippen LogP contribution >= 0.6 is 11.8 Å². The highest BCUT2D eigenvalue weighted by molar-refractivity contribution is 7.98. The number of likely N-dealkylation sites (N-methyl/N-ethyl adjacent to an activating group) is 1. The van der Waals surface area contributed by atoms with Gasteiger partial charge in [0.2, 0.25) is 15.9 Å². The van der Waals surface area contributed by atoms with Crippen molar-refractivity contribution in [3.05, 3.63) is 54.3 Å². The number of ether oxygens (including phenoxy) is 2. The Balaban J connectivity index is 2.17. The first-order valence-electron chi connectivity index (χ1n) is 11.6. The molecule has 1 atom stereocenters. The molecule has 0 radical (unpaired) electrons. The maximum Gasteiger partial charge on any atom is 0.370 e. The summed E-state index contributed by atoms with van der Waals surface area (Å²) >= 11 is 1.27. The van der Waals surface area contributed by atoms with Crippen LogP contribution in [0.4, 0.5) is 20.2 Å². The summed E-state index contributed by atoms with van der Waals surface area (Å²) in [5.41, 5.74) is 1.04. The van der Waals surface area contributed by atoms with Gasteiger partial charge in [0, 0.05) is 31.4 Å². The minimum atomic E-state index is -3.97. The second-order valence-corrected chi connectivity index (χ2v) is 11.0. The van der Waals surface area contributed by atoms with E-state index >= 15 is 0 Å². The lowest BCUT2D eigenvalue weighted by Crippen LogP contribution is -2.40. The molecular formula is C25H30F2N2O5S2. The average molecular weight is 541 g/mol. The van der Waals surface area contributed by atoms with Crippen LogP contribution in [0.5, 0.6) is 5.75 Å². The first-order valence-corrected chi connectivity index (χ1v) is 14.2. The molecule has 196 valence electrons. The molecule has 0 amide bonds. The van der Waals surface area contributed by atoms with E-state index in [-0.39, 0.29) is 23.3 Å². The number of fused-ring (bicyclic) bond motifs is 1. The second kappa shape index (κ2) is 12.1. The highest BCUT2D eigenvalue weighted by atomic mass is 32.2. The lowest BCUT2D eigenvalue weighted by molar-refractivity contribution is -0.140. The van der Waals surface area contributed by atoms with E-state index in [4.69, 9.17) is 4.74 Å². The maximum absolute atomic E-state index is 14.1. The van der Waals surface area contributed by atoms with Crippen LogP contribution in [0, 0.1) is 5.82 Å². The summed E-state index contributed by atoms with van der Waals surface area (Å²) in [7, 11) is -2.44. The summed E-state index contributed by atoms with van der Waals surface area (Å²) in [5, 5.41) is 0. The highest BCUT2D eigenvalue weighted by Gasteiger charge is 2.37. The average Bonchev–Trinajstić information content (AvgIpc) is 2.94. The molecule has 0 aromatic heterocycles. The number of esters is 1. The molecule has 36 heavy (non-hydrogen) atoms. The van der Waals surface area contributed by atoms with Crippen molar-refractivity contribution in [2.45, 2.75) is 48.9 Å². The number of benzene rings is 2. The van der Waals surface area contributed by atoms with Crippen molar-refractivity contribution in [1.29, 1.82) is 0 Å². The number of rotatable bonds is 9. The zero-order valence-electron chi connectivity index (χ0n) is 20.7. The van der Waals surface area contributed by atoms with Crippen LogP contribution in [0.25, 0.3) is 0 Å². The van der Waals surface area contributed by atoms with Crippen LogP contribution in [0.15, 0.2) is 58.3 Å². The van der Waals surface area contributed by atoms with Crippen LogP contribution in [-0.4, -0.2) is 51.2 Å². The minimum Gasteiger partial charge on any atom is -0.461 e. The number of nitrogens with zero attached hydrogens (tertiary/aromatic N) is 2. The summed E-state index contributed by atoms with van der Waals surface area (Å²) in [6, 6.07) is 8.52. The summed E-state index contributed by atoms with van der Waals surface area (Å²) in [6.45, 7) is 3.94. The van der Waals surface area contributed by atoms with Gasteiger partial charge in [0.15, 0.2) is 0 Å². The van der Waals surface area contributed by atoms with E-state index in [1.165, 1.54) is 41.3 Å². The Morgan fingerprint density at radius 3 is 2.53 bits per heavy atom. The van der Waals surface area contributed by atoms with Gasteiger partial charge in [-0.25, -0.2) is 17.6 Å². The van der Waals surface area contributed by atoms with Gasteiger partial charge in [-0.3, -0.25) is 0 Å². The normalized spacial score (nSPS) is 17.9. The van der Waals surface area contributed by atoms with Crippen LogP contribution < -0.4 is 9.64 Å². The fraction of sp³-hybridized carbons (Fsp3) is 0.400. The Kier molecular flexibility index (Phi) is 9.37. The molecule has 0 N–H and O–H groups in total. The molecule has 1 aliphatic heterocycles. The van der Waals surface area contributed by atoms with Crippen molar-refractivity contribution in [2.75, 3.05) is 31.4 Å². The van der Waals surface area contributed by atoms with Gasteiger partial charge in [-0.1, -0.05) is 19.8 Å². The molecule has 7 nitrogen and oxygen atoms in total. The smallest absolute Gasteiger partial charge is 0.370 e. The fourth-order valence-corrected chi connectivity index (χ4v) is 6.02. The van der Waals surface area contributed by atoms with Gasteiger partial charge in [-0.2, -0.15) is 8.70 Å². The van der Waals surface area contributed by atoms with E-state index < -0.39 is 27.6 Å². The molecule has 0 saturated heterocycles. The second-order valence-electron chi connectivity index (χ2n) is 8.18. The molecule has 2 aromatic rings. The molecule has 3 rings (SSSR count). The Bertz CT molecular complexity index is 1220. The van der Waals surface area contributed by atoms with E-state index in [1.54, 1.807) is 31.4 Å². The summed E-state index contributed by atoms with van der Waals surface area (Å²) in [5.74, 6) is -2.74. The zero-order valence-corrected chi connectivity index (χ0v) is 22.3. The predicted octanol–water partition coefficient (Wildman–Crippen LogP) is 5.63. The van der Waals surface area contributed by atoms with Gasteiger partial charge in [-0.15, -0.1) is 11.8 Å². The third-order valence-corrected chi connectivity index (χ3v) is 8.59. The van der Waals surface area contributed by atoms with Crippen molar-refractivity contribution >= 4 is 39.1 Å². The van der Waals surface area contributed by atoms with E-state index in [9.17, 15) is 22.0 Å². The van der Waals surface area contributed by atoms with E-state index in [2.05, 4.69) is 4.74 Å². The molecule has 1 heterocycles. The lowest BCUT2D eigenvalue weighted by Gasteiger charge is -2.29. The lowest BCUT2D eigenvalue weighted by atomic mass is 10.1. The third-order valence-electron chi connectivity index (χ3n) is 5.89. The molecule has 0 aliphatic carbocycles. The number of carbonyl (C=O) groups is 1. The molecule has 0 saturated carbocycles. The van der Waals surface area contributed by atoms with Gasteiger partial charge < -0.3 is 14.4 Å². The Morgan fingerprint density at radius 1 is 1.22 bits per heavy atom. The monoisotopic (exact) mass is 540 g/mol. The number of halogens is 2. The first kappa shape index (κ1) is 27.9. The Labute approximate surface area is 215 Å². The summed E-state index contributed by atoms with van der Waals surface area (Å²) < 4.78 is 66.6. The zero-order chi connectivity index (χ0) is 26.5. The number of hydrogen-bond acceptors (Lipinski definition) is 7. The SMILES string of the molecule is CCCCC1CN(c2ccc(F)cc2)c2cc(SC)c(O/C=C(\F)C(=O)OCC)cc2S(=O)(=O)N1C. The Morgan fingerprint density at radius 2 is 1.92 bits per heavy atom. The quantitative estimate of drug-likeness (QED) is 0.177. The minimum absolute atomic E-state index is 0.00199. The fourth-order valence-electron chi connectivity index (χ4n) is 3.92. The van der Waals surface area contributed by atoms with Crippen LogP contribution in [-0.2, 0) is 19.6 Å². The highest BCUT2D eigenvalue weighted by Crippen LogP contribution is 2.43. The standard InChI is InChI=1S/C25H30F2N2O5S2/c1-5-7-8-19-15-29(18-11-9-17(26)10-12-18)21-13-23(35-4)22(14-24(21)36(31,32)28(19)3)34-16-20(27)25(30)33-6-2/h9-14,16,19H,5-8,15H2,1-4H3/b20-16-. The van der Waals surface area contributed by atoms with Gasteiger partial charge in [0.25, 0.3) is 0 Å². The van der Waals surface area contributed by atoms with Crippen molar-refractivity contribution < 1.29 is 31.5 Å². The predicted molar refractivity (Wildman–Crippen MR) is 136 cm³/mol. The summed E-state index contributed by atoms with van der Waals surface area (Å²) in [4.78, 5) is 13.9. The van der Waals surface area contributed by atoms with Crippen molar-refractivity contribution in [3.8, 4) is 5.75 Å². The molecular weight excluding hydrogens is 510 g/mol. The molecule has 0 fully saturated rings. The topological polar surface area (TPSA) is 76.1 Å². The number of hydrogen-bond donors (Lipinski definition) is 0. The third kappa shape index (κ3) is 6.01. The molecule has 2 aromatic carbocycles. The molecule has 1 aliphatic rings. The van der Waals surface area contributed by atoms with Crippen molar-refractivity contribution in [3.63, 3.8) is 0 Å². The van der Waals surface area contributed by atoms with Gasteiger partial charge in [0.1, 0.15) is 22.7 Å². The van der Waals surface area contributed by atoms with Crippen molar-refractivity contribution in [2.24, 2.45) is 0 Å². The van der Waals surface area contributed by atoms with Gasteiger partial charge in [0.05, 0.1) is 17.2 Å². The van der Waals surface area contributed by atoms with E-state index in [1.807, 2.05) is 11.8 Å². The van der Waals surface area contributed by atoms with Gasteiger partial charge >= 0.3 is 5.97 Å². The molecule has 1 unspecified atom stereocenters. The van der Waals surface area contributed by atoms with E-state index in [0.717, 1.165) is 12.8 Å². The van der Waals surface area contributed by atoms with Gasteiger partial charge in [-0.05, 0) is 49.9 Å². The molecule has 0 spiro atoms. The number of carbonyl (C=O) groups excluding carboxylic acids is 1. The van der Waals surface area contributed by atoms with Crippen LogP contribution in [0.3, 0.4) is 0 Å². The maximum atomic E-state index is 14.1. The largest absolute Gasteiger partial charge is 0.461 e. The first-order chi connectivity index (χ1) is 17.1. The van der Waals surface area contributed by atoms with Crippen molar-refractivity contribution in [1.82, 2.24) is 4.31 Å².